The number of hydrogen-bond acceptors (Lipinski definition) is 3. The van der Waals surface area contributed by atoms with Crippen LogP contribution in [-0.4, -0.2) is 18.8 Å². The maximum absolute atomic E-state index is 2.54. The van der Waals surface area contributed by atoms with E-state index in [4.69, 9.17) is 0 Å². The van der Waals surface area contributed by atoms with E-state index < -0.39 is 0 Å². The highest BCUT2D eigenvalue weighted by molar-refractivity contribution is 8.00. The predicted octanol–water partition coefficient (Wildman–Crippen LogP) is 8.98. The van der Waals surface area contributed by atoms with Crippen LogP contribution in [0.1, 0.15) is 51.5 Å². The first-order valence-corrected chi connectivity index (χ1v) is 13.3. The number of rotatable bonds is 14. The van der Waals surface area contributed by atoms with E-state index in [0.717, 1.165) is 25.3 Å². The van der Waals surface area contributed by atoms with Crippen LogP contribution in [0.4, 0.5) is 17.1 Å². The molecule has 0 fully saturated rings. The van der Waals surface area contributed by atoms with Crippen molar-refractivity contribution in [3.8, 4) is 0 Å². The Morgan fingerprint density at radius 1 is 0.667 bits per heavy atom. The fraction of sp³-hybridized carbons (Fsp3) is 0.333. The van der Waals surface area contributed by atoms with Gasteiger partial charge in [-0.15, -0.1) is 0 Å². The number of unbranched alkanes of at least 4 members (excludes halogenated alkanes) is 2. The first-order valence-electron chi connectivity index (χ1n) is 12.4. The zero-order chi connectivity index (χ0) is 23.1. The summed E-state index contributed by atoms with van der Waals surface area (Å²) in [5.41, 5.74) is 5.05. The molecule has 0 aliphatic heterocycles. The van der Waals surface area contributed by atoms with Gasteiger partial charge in [-0.2, -0.15) is 0 Å². The Labute approximate surface area is 205 Å². The van der Waals surface area contributed by atoms with Gasteiger partial charge in [0.2, 0.25) is 0 Å². The van der Waals surface area contributed by atoms with Crippen molar-refractivity contribution < 1.29 is 0 Å². The van der Waals surface area contributed by atoms with Crippen LogP contribution in [0.2, 0.25) is 0 Å². The van der Waals surface area contributed by atoms with E-state index in [1.165, 1.54) is 48.3 Å². The van der Waals surface area contributed by atoms with Crippen LogP contribution in [0, 0.1) is 0 Å². The molecule has 0 bridgehead atoms. The van der Waals surface area contributed by atoms with Crippen LogP contribution in [0.3, 0.4) is 0 Å². The maximum atomic E-state index is 2.54. The molecule has 3 aromatic rings. The van der Waals surface area contributed by atoms with Gasteiger partial charge in [0.25, 0.3) is 0 Å². The lowest BCUT2D eigenvalue weighted by atomic mass is 10.1. The van der Waals surface area contributed by atoms with E-state index in [1.54, 1.807) is 0 Å². The second kappa shape index (κ2) is 14.5. The standard InChI is InChI=1S/C30H38N2S/c1-3-5-24-31(25-6-4-2)28-22-20-27(21-23-28)15-13-14-26-33-32(29-16-9-7-10-17-29)30-18-11-8-12-19-30/h7-13,15-23H,3-6,14,24-26H2,1-2H3. The molecule has 2 nitrogen and oxygen atoms in total. The zero-order valence-corrected chi connectivity index (χ0v) is 21.0. The van der Waals surface area contributed by atoms with Crippen molar-refractivity contribution in [3.63, 3.8) is 0 Å². The van der Waals surface area contributed by atoms with Gasteiger partial charge in [0.05, 0.1) is 11.4 Å². The molecule has 0 saturated carbocycles. The molecule has 174 valence electrons. The number of anilines is 3. The van der Waals surface area contributed by atoms with Gasteiger partial charge in [0.15, 0.2) is 0 Å². The molecule has 3 heteroatoms. The van der Waals surface area contributed by atoms with E-state index in [9.17, 15) is 0 Å². The van der Waals surface area contributed by atoms with Gasteiger partial charge < -0.3 is 4.90 Å². The maximum Gasteiger partial charge on any atom is 0.0525 e. The Morgan fingerprint density at radius 3 is 1.73 bits per heavy atom. The second-order valence-electron chi connectivity index (χ2n) is 8.28. The molecule has 0 N–H and O–H groups in total. The van der Waals surface area contributed by atoms with Gasteiger partial charge in [0.1, 0.15) is 0 Å². The predicted molar refractivity (Wildman–Crippen MR) is 150 cm³/mol. The Morgan fingerprint density at radius 2 is 1.21 bits per heavy atom. The first-order chi connectivity index (χ1) is 16.3. The monoisotopic (exact) mass is 458 g/mol. The molecule has 0 unspecified atom stereocenters. The zero-order valence-electron chi connectivity index (χ0n) is 20.2. The second-order valence-corrected chi connectivity index (χ2v) is 9.31. The lowest BCUT2D eigenvalue weighted by Crippen LogP contribution is -2.25. The summed E-state index contributed by atoms with van der Waals surface area (Å²) in [5, 5.41) is 0. The normalized spacial score (nSPS) is 11.1. The third-order valence-electron chi connectivity index (χ3n) is 5.62. The van der Waals surface area contributed by atoms with Crippen LogP contribution in [0.15, 0.2) is 91.0 Å². The van der Waals surface area contributed by atoms with Crippen LogP contribution in [0.5, 0.6) is 0 Å². The third-order valence-corrected chi connectivity index (χ3v) is 6.72. The molecule has 0 spiro atoms. The Kier molecular flexibility index (Phi) is 11.0. The lowest BCUT2D eigenvalue weighted by Gasteiger charge is -2.24. The van der Waals surface area contributed by atoms with Gasteiger partial charge >= 0.3 is 0 Å². The molecule has 0 aromatic heterocycles. The van der Waals surface area contributed by atoms with Crippen LogP contribution >= 0.6 is 11.9 Å². The van der Waals surface area contributed by atoms with Crippen molar-refractivity contribution in [2.24, 2.45) is 0 Å². The SMILES string of the molecule is CCCCN(CCCC)c1ccc(C=CCCSN(c2ccccc2)c2ccccc2)cc1. The number of benzene rings is 3. The average Bonchev–Trinajstić information content (AvgIpc) is 2.88. The quantitative estimate of drug-likeness (QED) is 0.176. The third kappa shape index (κ3) is 8.33. The highest BCUT2D eigenvalue weighted by Gasteiger charge is 2.09. The van der Waals surface area contributed by atoms with E-state index in [1.807, 2.05) is 11.9 Å². The van der Waals surface area contributed by atoms with Crippen molar-refractivity contribution >= 4 is 35.1 Å². The van der Waals surface area contributed by atoms with Crippen molar-refractivity contribution in [1.29, 1.82) is 0 Å². The van der Waals surface area contributed by atoms with Crippen molar-refractivity contribution in [2.45, 2.75) is 46.0 Å². The number of hydrogen-bond donors (Lipinski definition) is 0. The van der Waals surface area contributed by atoms with Crippen LogP contribution < -0.4 is 9.21 Å². The average molecular weight is 459 g/mol. The molecule has 3 rings (SSSR count). The van der Waals surface area contributed by atoms with E-state index in [0.29, 0.717) is 0 Å². The molecule has 0 aliphatic rings. The summed E-state index contributed by atoms with van der Waals surface area (Å²) in [5.74, 6) is 1.03. The van der Waals surface area contributed by atoms with E-state index >= 15 is 0 Å². The molecule has 0 aliphatic carbocycles. The Balaban J connectivity index is 1.54. The van der Waals surface area contributed by atoms with Crippen molar-refractivity contribution in [2.75, 3.05) is 28.0 Å². The van der Waals surface area contributed by atoms with Gasteiger partial charge in [-0.1, -0.05) is 87.4 Å². The van der Waals surface area contributed by atoms with Crippen LogP contribution in [-0.2, 0) is 0 Å². The van der Waals surface area contributed by atoms with E-state index in [2.05, 4.69) is 120 Å². The number of allylic oxidation sites excluding steroid dienone is 1. The summed E-state index contributed by atoms with van der Waals surface area (Å²) in [6, 6.07) is 30.3. The van der Waals surface area contributed by atoms with Gasteiger partial charge in [-0.05, 0) is 73.2 Å². The molecule has 0 amide bonds. The fourth-order valence-corrected chi connectivity index (χ4v) is 4.69. The minimum atomic E-state index is 1.03. The smallest absolute Gasteiger partial charge is 0.0525 e. The molecule has 0 radical (unpaired) electrons. The van der Waals surface area contributed by atoms with E-state index in [-0.39, 0.29) is 0 Å². The van der Waals surface area contributed by atoms with Crippen LogP contribution in [0.25, 0.3) is 6.08 Å². The number of para-hydroxylation sites is 2. The Hall–Kier alpha value is -2.65. The molecular weight excluding hydrogens is 420 g/mol. The molecule has 3 aromatic carbocycles. The summed E-state index contributed by atoms with van der Waals surface area (Å²) in [6.07, 6.45) is 10.6. The minimum absolute atomic E-state index is 1.03. The molecule has 0 heterocycles. The lowest BCUT2D eigenvalue weighted by molar-refractivity contribution is 0.678. The van der Waals surface area contributed by atoms with Crippen molar-refractivity contribution in [3.05, 3.63) is 96.6 Å². The number of nitrogens with zero attached hydrogens (tertiary/aromatic N) is 2. The summed E-state index contributed by atoms with van der Waals surface area (Å²) in [4.78, 5) is 2.54. The Bertz CT molecular complexity index is 875. The minimum Gasteiger partial charge on any atom is -0.372 e. The van der Waals surface area contributed by atoms with Gasteiger partial charge in [-0.25, -0.2) is 0 Å². The summed E-state index contributed by atoms with van der Waals surface area (Å²) in [6.45, 7) is 6.84. The molecular formula is C30H38N2S. The molecule has 0 atom stereocenters. The first kappa shape index (κ1) is 25.0. The summed E-state index contributed by atoms with van der Waals surface area (Å²) >= 11 is 1.86. The highest BCUT2D eigenvalue weighted by Crippen LogP contribution is 2.32. The largest absolute Gasteiger partial charge is 0.372 e. The fourth-order valence-electron chi connectivity index (χ4n) is 3.72. The molecule has 0 saturated heterocycles. The summed E-state index contributed by atoms with van der Waals surface area (Å²) < 4.78 is 2.32. The molecule has 33 heavy (non-hydrogen) atoms. The topological polar surface area (TPSA) is 6.48 Å². The summed E-state index contributed by atoms with van der Waals surface area (Å²) in [7, 11) is 0. The van der Waals surface area contributed by atoms with Crippen molar-refractivity contribution in [1.82, 2.24) is 0 Å². The van der Waals surface area contributed by atoms with Gasteiger partial charge in [-0.3, -0.25) is 4.31 Å². The highest BCUT2D eigenvalue weighted by atomic mass is 32.2. The van der Waals surface area contributed by atoms with Gasteiger partial charge in [0, 0.05) is 24.5 Å².